The number of rotatable bonds is 5. The van der Waals surface area contributed by atoms with Gasteiger partial charge in [0.25, 0.3) is 0 Å². The van der Waals surface area contributed by atoms with E-state index in [1.54, 1.807) is 0 Å². The zero-order valence-corrected chi connectivity index (χ0v) is 11.4. The van der Waals surface area contributed by atoms with Crippen LogP contribution in [0.5, 0.6) is 0 Å². The molecule has 2 heteroatoms. The van der Waals surface area contributed by atoms with E-state index >= 15 is 0 Å². The first-order chi connectivity index (χ1) is 8.29. The molecule has 1 aliphatic heterocycles. The van der Waals surface area contributed by atoms with Crippen molar-refractivity contribution in [2.24, 2.45) is 11.8 Å². The third-order valence-corrected chi connectivity index (χ3v) is 4.84. The maximum atomic E-state index is 9.81. The number of hydrogen-bond acceptors (Lipinski definition) is 2. The second-order valence-electron chi connectivity index (χ2n) is 6.12. The summed E-state index contributed by atoms with van der Waals surface area (Å²) in [4.78, 5) is 2.62. The summed E-state index contributed by atoms with van der Waals surface area (Å²) < 4.78 is 0. The highest BCUT2D eigenvalue weighted by Gasteiger charge is 2.26. The molecule has 2 rings (SSSR count). The van der Waals surface area contributed by atoms with Gasteiger partial charge in [0, 0.05) is 0 Å². The molecule has 0 spiro atoms. The first-order valence-electron chi connectivity index (χ1n) is 7.70. The fraction of sp³-hybridized carbons (Fsp3) is 1.00. The zero-order valence-electron chi connectivity index (χ0n) is 11.4. The van der Waals surface area contributed by atoms with Crippen molar-refractivity contribution in [1.82, 2.24) is 4.90 Å². The number of aliphatic hydroxyl groups is 1. The van der Waals surface area contributed by atoms with Crippen molar-refractivity contribution < 1.29 is 5.11 Å². The molecule has 0 aromatic carbocycles. The number of piperidine rings is 1. The normalized spacial score (nSPS) is 32.1. The number of likely N-dealkylation sites (tertiary alicyclic amines) is 1. The van der Waals surface area contributed by atoms with E-state index in [4.69, 9.17) is 0 Å². The highest BCUT2D eigenvalue weighted by Crippen LogP contribution is 2.29. The fourth-order valence-corrected chi connectivity index (χ4v) is 3.61. The highest BCUT2D eigenvalue weighted by molar-refractivity contribution is 4.79. The van der Waals surface area contributed by atoms with Crippen molar-refractivity contribution in [2.45, 2.75) is 64.4 Å². The summed E-state index contributed by atoms with van der Waals surface area (Å²) in [5.41, 5.74) is 0. The van der Waals surface area contributed by atoms with Crippen LogP contribution in [0, 0.1) is 11.8 Å². The van der Waals surface area contributed by atoms with Gasteiger partial charge in [-0.25, -0.2) is 0 Å². The molecule has 1 aliphatic carbocycles. The molecule has 2 atom stereocenters. The summed E-state index contributed by atoms with van der Waals surface area (Å²) in [6.07, 6.45) is 10.4. The third-order valence-electron chi connectivity index (χ3n) is 4.84. The van der Waals surface area contributed by atoms with Gasteiger partial charge in [0.15, 0.2) is 0 Å². The summed E-state index contributed by atoms with van der Waals surface area (Å²) in [6.45, 7) is 6.12. The fourth-order valence-electron chi connectivity index (χ4n) is 3.61. The van der Waals surface area contributed by atoms with E-state index in [9.17, 15) is 5.11 Å². The van der Waals surface area contributed by atoms with Gasteiger partial charge in [-0.3, -0.25) is 0 Å². The minimum atomic E-state index is 0.00707. The Morgan fingerprint density at radius 3 is 2.41 bits per heavy atom. The van der Waals surface area contributed by atoms with Gasteiger partial charge in [0.1, 0.15) is 0 Å². The van der Waals surface area contributed by atoms with Gasteiger partial charge in [0.2, 0.25) is 0 Å². The molecule has 2 fully saturated rings. The molecule has 100 valence electrons. The quantitative estimate of drug-likeness (QED) is 0.797. The lowest BCUT2D eigenvalue weighted by Gasteiger charge is -2.32. The van der Waals surface area contributed by atoms with Crippen LogP contribution in [-0.2, 0) is 0 Å². The van der Waals surface area contributed by atoms with Crippen LogP contribution in [0.15, 0.2) is 0 Å². The molecular formula is C15H29NO. The average Bonchev–Trinajstić information content (AvgIpc) is 2.75. The van der Waals surface area contributed by atoms with E-state index in [0.717, 1.165) is 12.3 Å². The second-order valence-corrected chi connectivity index (χ2v) is 6.12. The van der Waals surface area contributed by atoms with E-state index < -0.39 is 0 Å². The van der Waals surface area contributed by atoms with Crippen molar-refractivity contribution in [1.29, 1.82) is 0 Å². The first kappa shape index (κ1) is 13.4. The smallest absolute Gasteiger partial charge is 0.0568 e. The minimum Gasteiger partial charge on any atom is -0.393 e. The van der Waals surface area contributed by atoms with Crippen molar-refractivity contribution in [3.8, 4) is 0 Å². The highest BCUT2D eigenvalue weighted by atomic mass is 16.3. The predicted octanol–water partition coefficient (Wildman–Crippen LogP) is 3.05. The Kier molecular flexibility index (Phi) is 5.30. The third kappa shape index (κ3) is 3.96. The monoisotopic (exact) mass is 239 g/mol. The first-order valence-corrected chi connectivity index (χ1v) is 7.70. The van der Waals surface area contributed by atoms with E-state index in [1.165, 1.54) is 64.6 Å². The summed E-state index contributed by atoms with van der Waals surface area (Å²) in [6, 6.07) is 0. The molecular weight excluding hydrogens is 210 g/mol. The standard InChI is InChI=1S/C15H29NO/c1-2-4-13-7-10-16(11-8-13)12-9-14-5-3-6-15(14)17/h13-15,17H,2-12H2,1H3. The Hall–Kier alpha value is -0.0800. The molecule has 1 saturated heterocycles. The minimum absolute atomic E-state index is 0.00707. The van der Waals surface area contributed by atoms with Gasteiger partial charge >= 0.3 is 0 Å². The van der Waals surface area contributed by atoms with E-state index in [1.807, 2.05) is 0 Å². The van der Waals surface area contributed by atoms with Crippen LogP contribution in [0.2, 0.25) is 0 Å². The van der Waals surface area contributed by atoms with Gasteiger partial charge in [-0.05, 0) is 63.6 Å². The van der Waals surface area contributed by atoms with Crippen molar-refractivity contribution in [3.63, 3.8) is 0 Å². The van der Waals surface area contributed by atoms with E-state index in [0.29, 0.717) is 5.92 Å². The molecule has 1 heterocycles. The Morgan fingerprint density at radius 1 is 1.06 bits per heavy atom. The molecule has 2 aliphatic rings. The summed E-state index contributed by atoms with van der Waals surface area (Å²) in [5, 5.41) is 9.81. The number of aliphatic hydroxyl groups excluding tert-OH is 1. The summed E-state index contributed by atoms with van der Waals surface area (Å²) >= 11 is 0. The van der Waals surface area contributed by atoms with Gasteiger partial charge in [0.05, 0.1) is 6.10 Å². The zero-order chi connectivity index (χ0) is 12.1. The molecule has 0 aromatic heterocycles. The maximum absolute atomic E-state index is 9.81. The van der Waals surface area contributed by atoms with Crippen molar-refractivity contribution >= 4 is 0 Å². The van der Waals surface area contributed by atoms with Gasteiger partial charge in [-0.2, -0.15) is 0 Å². The van der Waals surface area contributed by atoms with E-state index in [-0.39, 0.29) is 6.10 Å². The number of hydrogen-bond donors (Lipinski definition) is 1. The summed E-state index contributed by atoms with van der Waals surface area (Å²) in [7, 11) is 0. The molecule has 1 saturated carbocycles. The van der Waals surface area contributed by atoms with E-state index in [2.05, 4.69) is 11.8 Å². The Balaban J connectivity index is 1.61. The largest absolute Gasteiger partial charge is 0.393 e. The van der Waals surface area contributed by atoms with Crippen LogP contribution in [-0.4, -0.2) is 35.7 Å². The lowest BCUT2D eigenvalue weighted by molar-refractivity contribution is 0.109. The van der Waals surface area contributed by atoms with Crippen LogP contribution >= 0.6 is 0 Å². The molecule has 1 N–H and O–H groups in total. The van der Waals surface area contributed by atoms with Crippen LogP contribution in [0.3, 0.4) is 0 Å². The Bertz CT molecular complexity index is 211. The Morgan fingerprint density at radius 2 is 1.82 bits per heavy atom. The van der Waals surface area contributed by atoms with Crippen LogP contribution < -0.4 is 0 Å². The molecule has 0 bridgehead atoms. The lowest BCUT2D eigenvalue weighted by atomic mass is 9.92. The molecule has 2 nitrogen and oxygen atoms in total. The van der Waals surface area contributed by atoms with Gasteiger partial charge < -0.3 is 10.0 Å². The molecule has 17 heavy (non-hydrogen) atoms. The second kappa shape index (κ2) is 6.75. The SMILES string of the molecule is CCCC1CCN(CCC2CCCC2O)CC1. The molecule has 0 radical (unpaired) electrons. The topological polar surface area (TPSA) is 23.5 Å². The number of nitrogens with zero attached hydrogens (tertiary/aromatic N) is 1. The van der Waals surface area contributed by atoms with Gasteiger partial charge in [-0.15, -0.1) is 0 Å². The average molecular weight is 239 g/mol. The lowest BCUT2D eigenvalue weighted by Crippen LogP contribution is -2.35. The molecule has 0 amide bonds. The van der Waals surface area contributed by atoms with Crippen molar-refractivity contribution in [3.05, 3.63) is 0 Å². The Labute approximate surface area is 106 Å². The van der Waals surface area contributed by atoms with Gasteiger partial charge in [-0.1, -0.05) is 26.2 Å². The molecule has 2 unspecified atom stereocenters. The van der Waals surface area contributed by atoms with Crippen molar-refractivity contribution in [2.75, 3.05) is 19.6 Å². The van der Waals surface area contributed by atoms with Crippen LogP contribution in [0.1, 0.15) is 58.3 Å². The maximum Gasteiger partial charge on any atom is 0.0568 e. The summed E-state index contributed by atoms with van der Waals surface area (Å²) in [5.74, 6) is 1.59. The van der Waals surface area contributed by atoms with Crippen LogP contribution in [0.25, 0.3) is 0 Å². The van der Waals surface area contributed by atoms with Crippen LogP contribution in [0.4, 0.5) is 0 Å². The molecule has 0 aromatic rings. The predicted molar refractivity (Wildman–Crippen MR) is 72.0 cm³/mol.